The Hall–Kier alpha value is -2.20. The van der Waals surface area contributed by atoms with Crippen LogP contribution in [0.25, 0.3) is 0 Å². The lowest BCUT2D eigenvalue weighted by Crippen LogP contribution is -2.65. The summed E-state index contributed by atoms with van der Waals surface area (Å²) in [4.78, 5) is 24.9. The molecule has 0 radical (unpaired) electrons. The average molecular weight is 877 g/mol. The molecule has 4 heterocycles. The molecule has 14 N–H and O–H groups in total. The molecule has 4 saturated heterocycles. The van der Waals surface area contributed by atoms with Crippen molar-refractivity contribution in [2.45, 2.75) is 123 Å². The standard InChI is InChI=1S/C34H56N2O24/c1-51-33-29(25(49)27(13(9-39)57-33)59-31-23(47)21(45)17(41)11(7-37)55-31)53-5-3-35-15-16(20(44)19(15)43)36-4-6-54-30-26(50)28(14(10-40)58-34(30)52-2)60-32-24(48)22(46)18(42)12(8-38)56-32/h11-14,17-18,21-42,45-50H,3-10H2,1-2H3/t11-,12-,13-,14-,17+,18+,21+,22+,23-,24-,25+,26+,27+,28+,29-,30-,31-,32-,33-,34-/m1/s1. The van der Waals surface area contributed by atoms with Gasteiger partial charge in [0.2, 0.25) is 0 Å². The normalized spacial score (nSPS) is 42.6. The van der Waals surface area contributed by atoms with Gasteiger partial charge in [-0.1, -0.05) is 0 Å². The molecule has 4 fully saturated rings. The Morgan fingerprint density at radius 2 is 0.783 bits per heavy atom. The fraction of sp³-hybridized carbons (Fsp3) is 0.882. The van der Waals surface area contributed by atoms with Gasteiger partial charge in [-0.3, -0.25) is 9.59 Å². The molecule has 0 spiro atoms. The van der Waals surface area contributed by atoms with Gasteiger partial charge in [0.05, 0.1) is 39.6 Å². The van der Waals surface area contributed by atoms with E-state index in [-0.39, 0.29) is 37.7 Å². The van der Waals surface area contributed by atoms with Gasteiger partial charge in [-0.05, 0) is 0 Å². The Morgan fingerprint density at radius 3 is 1.10 bits per heavy atom. The van der Waals surface area contributed by atoms with E-state index >= 15 is 0 Å². The van der Waals surface area contributed by atoms with E-state index in [4.69, 9.17) is 47.4 Å². The number of anilines is 2. The smallest absolute Gasteiger partial charge is 0.253 e. The molecule has 60 heavy (non-hydrogen) atoms. The highest BCUT2D eigenvalue weighted by atomic mass is 16.8. The SMILES string of the molecule is CO[C@@H]1O[C@H](CO)[C@H](O[C@H]2O[C@H](CO)[C@H](O)[C@H](O)[C@H]2O)[C@H](O)[C@H]1OCCNc1c(NCCO[C@H]2[C@H](OC)O[C@H](CO)[C@H](O[C@H]3O[C@H](CO)[C@H](O)[C@H](O)[C@H]3O)[C@@H]2O)c(=O)c1=O. The van der Waals surface area contributed by atoms with E-state index in [0.717, 1.165) is 0 Å². The summed E-state index contributed by atoms with van der Waals surface area (Å²) < 4.78 is 55.6. The zero-order valence-corrected chi connectivity index (χ0v) is 32.5. The summed E-state index contributed by atoms with van der Waals surface area (Å²) in [6.45, 7) is -3.58. The number of ether oxygens (including phenoxy) is 10. The van der Waals surface area contributed by atoms with Gasteiger partial charge in [0.15, 0.2) is 25.2 Å². The molecule has 0 amide bonds. The molecule has 5 rings (SSSR count). The minimum Gasteiger partial charge on any atom is -0.394 e. The van der Waals surface area contributed by atoms with E-state index in [0.29, 0.717) is 0 Å². The van der Waals surface area contributed by atoms with Crippen molar-refractivity contribution in [1.82, 2.24) is 0 Å². The molecule has 26 heteroatoms. The summed E-state index contributed by atoms with van der Waals surface area (Å²) in [5.74, 6) is 0. The predicted octanol–water partition coefficient (Wildman–Crippen LogP) is -9.30. The Balaban J connectivity index is 1.13. The summed E-state index contributed by atoms with van der Waals surface area (Å²) in [5, 5.41) is 128. The van der Waals surface area contributed by atoms with E-state index < -0.39 is 160 Å². The van der Waals surface area contributed by atoms with Crippen LogP contribution in [0.3, 0.4) is 0 Å². The summed E-state index contributed by atoms with van der Waals surface area (Å²) in [7, 11) is 2.48. The van der Waals surface area contributed by atoms with Gasteiger partial charge in [0, 0.05) is 27.3 Å². The monoisotopic (exact) mass is 876 g/mol. The van der Waals surface area contributed by atoms with Gasteiger partial charge >= 0.3 is 0 Å². The molecule has 26 nitrogen and oxygen atoms in total. The topological polar surface area (TPSA) is 393 Å². The second-order valence-electron chi connectivity index (χ2n) is 14.4. The number of hydrogen-bond donors (Lipinski definition) is 14. The van der Waals surface area contributed by atoms with Crippen LogP contribution in [0.2, 0.25) is 0 Å². The van der Waals surface area contributed by atoms with Crippen molar-refractivity contribution < 1.29 is 109 Å². The van der Waals surface area contributed by atoms with Crippen molar-refractivity contribution in [2.24, 2.45) is 0 Å². The van der Waals surface area contributed by atoms with Gasteiger partial charge in [-0.15, -0.1) is 0 Å². The fourth-order valence-electron chi connectivity index (χ4n) is 7.29. The molecule has 0 unspecified atom stereocenters. The number of methoxy groups -OCH3 is 2. The minimum atomic E-state index is -1.82. The second-order valence-corrected chi connectivity index (χ2v) is 14.4. The molecule has 1 aromatic rings. The Kier molecular flexibility index (Phi) is 17.8. The zero-order valence-electron chi connectivity index (χ0n) is 32.5. The number of rotatable bonds is 20. The largest absolute Gasteiger partial charge is 0.394 e. The predicted molar refractivity (Wildman–Crippen MR) is 193 cm³/mol. The van der Waals surface area contributed by atoms with Gasteiger partial charge in [0.25, 0.3) is 10.9 Å². The van der Waals surface area contributed by atoms with Crippen molar-refractivity contribution >= 4 is 11.4 Å². The first kappa shape index (κ1) is 48.8. The van der Waals surface area contributed by atoms with Crippen LogP contribution in [-0.4, -0.2) is 251 Å². The highest BCUT2D eigenvalue weighted by Crippen LogP contribution is 2.32. The maximum atomic E-state index is 12.4. The Bertz CT molecular complexity index is 1420. The average Bonchev–Trinajstić information content (AvgIpc) is 3.25. The van der Waals surface area contributed by atoms with Gasteiger partial charge in [-0.25, -0.2) is 0 Å². The van der Waals surface area contributed by atoms with Crippen molar-refractivity contribution in [3.05, 3.63) is 20.4 Å². The molecule has 0 bridgehead atoms. The molecular formula is C34H56N2O24. The van der Waals surface area contributed by atoms with Crippen molar-refractivity contribution in [2.75, 3.05) is 77.6 Å². The lowest BCUT2D eigenvalue weighted by atomic mass is 9.97. The maximum Gasteiger partial charge on any atom is 0.253 e. The zero-order chi connectivity index (χ0) is 44.0. The molecule has 1 aromatic carbocycles. The molecular weight excluding hydrogens is 820 g/mol. The van der Waals surface area contributed by atoms with Crippen molar-refractivity contribution in [1.29, 1.82) is 0 Å². The number of aliphatic hydroxyl groups is 12. The van der Waals surface area contributed by atoms with E-state index in [1.807, 2.05) is 0 Å². The maximum absolute atomic E-state index is 12.4. The molecule has 4 aliphatic heterocycles. The van der Waals surface area contributed by atoms with Crippen LogP contribution in [0.5, 0.6) is 0 Å². The van der Waals surface area contributed by atoms with Gasteiger partial charge in [-0.2, -0.15) is 0 Å². The number of hydrogen-bond acceptors (Lipinski definition) is 26. The highest BCUT2D eigenvalue weighted by molar-refractivity contribution is 5.73. The summed E-state index contributed by atoms with van der Waals surface area (Å²) in [6.07, 6.45) is -30.3. The third-order valence-corrected chi connectivity index (χ3v) is 10.7. The first-order valence-electron chi connectivity index (χ1n) is 19.1. The van der Waals surface area contributed by atoms with Crippen LogP contribution in [0.4, 0.5) is 11.4 Å². The summed E-state index contributed by atoms with van der Waals surface area (Å²) in [5.41, 5.74) is -1.92. The summed E-state index contributed by atoms with van der Waals surface area (Å²) in [6, 6.07) is 0. The lowest BCUT2D eigenvalue weighted by Gasteiger charge is -2.46. The highest BCUT2D eigenvalue weighted by Gasteiger charge is 2.53. The van der Waals surface area contributed by atoms with E-state index in [1.54, 1.807) is 0 Å². The van der Waals surface area contributed by atoms with Crippen LogP contribution < -0.4 is 21.5 Å². The molecule has 0 aromatic heterocycles. The van der Waals surface area contributed by atoms with Crippen molar-refractivity contribution in [3.8, 4) is 0 Å². The Labute approximate surface area is 340 Å². The molecule has 0 aliphatic carbocycles. The molecule has 0 saturated carbocycles. The lowest BCUT2D eigenvalue weighted by molar-refractivity contribution is -0.360. The van der Waals surface area contributed by atoms with Gasteiger partial charge in [0.1, 0.15) is 109 Å². The van der Waals surface area contributed by atoms with Crippen LogP contribution in [0.1, 0.15) is 0 Å². The fourth-order valence-corrected chi connectivity index (χ4v) is 7.29. The number of aliphatic hydroxyl groups excluding tert-OH is 12. The third-order valence-electron chi connectivity index (χ3n) is 10.7. The first-order chi connectivity index (χ1) is 28.7. The van der Waals surface area contributed by atoms with Crippen LogP contribution in [-0.2, 0) is 47.4 Å². The molecule has 20 atom stereocenters. The third kappa shape index (κ3) is 10.3. The van der Waals surface area contributed by atoms with E-state index in [1.165, 1.54) is 14.2 Å². The van der Waals surface area contributed by atoms with Crippen molar-refractivity contribution in [3.63, 3.8) is 0 Å². The van der Waals surface area contributed by atoms with E-state index in [2.05, 4.69) is 10.6 Å². The quantitative estimate of drug-likeness (QED) is 0.0427. The van der Waals surface area contributed by atoms with Crippen LogP contribution >= 0.6 is 0 Å². The van der Waals surface area contributed by atoms with E-state index in [9.17, 15) is 70.9 Å². The van der Waals surface area contributed by atoms with Crippen LogP contribution in [0, 0.1) is 0 Å². The van der Waals surface area contributed by atoms with Crippen LogP contribution in [0.15, 0.2) is 9.59 Å². The first-order valence-corrected chi connectivity index (χ1v) is 19.1. The molecule has 4 aliphatic rings. The van der Waals surface area contributed by atoms with Gasteiger partial charge < -0.3 is 119 Å². The Morgan fingerprint density at radius 1 is 0.450 bits per heavy atom. The summed E-state index contributed by atoms with van der Waals surface area (Å²) >= 11 is 0. The number of nitrogens with one attached hydrogen (secondary N) is 2. The second kappa shape index (κ2) is 21.9. The minimum absolute atomic E-state index is 0.105. The molecule has 346 valence electrons.